The van der Waals surface area contributed by atoms with E-state index in [1.54, 1.807) is 36.4 Å². The Kier molecular flexibility index (Phi) is 5.87. The SMILES string of the molecule is O=[N+]([O-])c1ccccc1-c1cccc2c1c1nc3ccccc3n1c1cccc(-c3ccccc3[N+](=O)[O-])c1c1nc3ccccc3n21. The number of nitro benzene ring substituents is 2. The molecule has 0 unspecified atom stereocenters. The highest BCUT2D eigenvalue weighted by Crippen LogP contribution is 2.42. The largest absolute Gasteiger partial charge is 0.291 e. The number of para-hydroxylation sites is 6. The Bertz CT molecular complexity index is 2680. The molecule has 0 saturated heterocycles. The number of rotatable bonds is 4. The Morgan fingerprint density at radius 3 is 1.21 bits per heavy atom. The van der Waals surface area contributed by atoms with Crippen molar-refractivity contribution < 1.29 is 9.85 Å². The molecule has 0 aliphatic carbocycles. The van der Waals surface area contributed by atoms with Gasteiger partial charge in [-0.15, -0.1) is 0 Å². The van der Waals surface area contributed by atoms with E-state index in [-0.39, 0.29) is 21.2 Å². The molecule has 10 heteroatoms. The van der Waals surface area contributed by atoms with E-state index in [0.29, 0.717) is 55.4 Å². The number of nitrogens with zero attached hydrogens (tertiary/aromatic N) is 6. The number of aromatic nitrogens is 4. The summed E-state index contributed by atoms with van der Waals surface area (Å²) in [6.45, 7) is 0. The van der Waals surface area contributed by atoms with Gasteiger partial charge < -0.3 is 0 Å². The summed E-state index contributed by atoms with van der Waals surface area (Å²) in [5.41, 5.74) is 7.79. The first kappa shape index (κ1) is 27.4. The van der Waals surface area contributed by atoms with Crippen LogP contribution in [0.15, 0.2) is 133 Å². The second kappa shape index (κ2) is 10.3. The van der Waals surface area contributed by atoms with E-state index < -0.39 is 0 Å². The van der Waals surface area contributed by atoms with Gasteiger partial charge in [-0.2, -0.15) is 0 Å². The van der Waals surface area contributed by atoms with E-state index in [2.05, 4.69) is 0 Å². The van der Waals surface area contributed by atoms with Gasteiger partial charge in [0.25, 0.3) is 11.4 Å². The molecule has 0 atom stereocenters. The van der Waals surface area contributed by atoms with E-state index in [4.69, 9.17) is 9.97 Å². The number of hydrogen-bond donors (Lipinski definition) is 0. The molecule has 0 amide bonds. The Hall–Kier alpha value is -6.94. The lowest BCUT2D eigenvalue weighted by Crippen LogP contribution is -1.99. The number of nitro groups is 2. The van der Waals surface area contributed by atoms with Gasteiger partial charge in [-0.3, -0.25) is 29.0 Å². The molecular formula is C38H22N6O4. The molecule has 9 rings (SSSR count). The Morgan fingerprint density at radius 2 is 0.771 bits per heavy atom. The van der Waals surface area contributed by atoms with Crippen LogP contribution in [0.3, 0.4) is 0 Å². The Balaban J connectivity index is 1.66. The third kappa shape index (κ3) is 3.86. The molecule has 0 aliphatic rings. The minimum absolute atomic E-state index is 0.0228. The molecule has 0 bridgehead atoms. The average Bonchev–Trinajstić information content (AvgIpc) is 3.69. The first-order chi connectivity index (χ1) is 23.5. The quantitative estimate of drug-likeness (QED) is 0.142. The van der Waals surface area contributed by atoms with Crippen molar-refractivity contribution in [2.24, 2.45) is 0 Å². The van der Waals surface area contributed by atoms with Crippen LogP contribution >= 0.6 is 0 Å². The fourth-order valence-electron chi connectivity index (χ4n) is 6.97. The summed E-state index contributed by atoms with van der Waals surface area (Å²) < 4.78 is 4.09. The monoisotopic (exact) mass is 626 g/mol. The highest BCUT2D eigenvalue weighted by Gasteiger charge is 2.24. The van der Waals surface area contributed by atoms with E-state index in [1.807, 2.05) is 93.7 Å². The standard InChI is InChI=1S/C38H22N6O4/c45-43(46)29-17-5-1-11-23(29)25-13-9-21-33-35(25)37-39-27-15-3-8-20-32(27)42(37)34-22-10-14-26(24-12-2-6-18-30(24)44(47)48)36(34)38-40-28-16-4-7-19-31(28)41(33)38/h1-22H. The zero-order valence-corrected chi connectivity index (χ0v) is 25.0. The Morgan fingerprint density at radius 1 is 0.417 bits per heavy atom. The van der Waals surface area contributed by atoms with E-state index >= 15 is 0 Å². The van der Waals surface area contributed by atoms with Gasteiger partial charge in [-0.25, -0.2) is 9.97 Å². The summed E-state index contributed by atoms with van der Waals surface area (Å²) in [6, 6.07) is 40.4. The van der Waals surface area contributed by atoms with Crippen LogP contribution in [-0.2, 0) is 0 Å². The zero-order chi connectivity index (χ0) is 32.5. The third-order valence-electron chi connectivity index (χ3n) is 8.92. The number of fused-ring (bicyclic) bond motifs is 12. The van der Waals surface area contributed by atoms with Crippen LogP contribution < -0.4 is 0 Å². The molecule has 3 heterocycles. The summed E-state index contributed by atoms with van der Waals surface area (Å²) in [7, 11) is 0. The summed E-state index contributed by atoms with van der Waals surface area (Å²) in [6.07, 6.45) is 0. The van der Waals surface area contributed by atoms with Crippen molar-refractivity contribution in [3.8, 4) is 22.3 Å². The van der Waals surface area contributed by atoms with Crippen molar-refractivity contribution >= 4 is 66.5 Å². The molecule has 10 nitrogen and oxygen atoms in total. The highest BCUT2D eigenvalue weighted by atomic mass is 16.6. The third-order valence-corrected chi connectivity index (χ3v) is 8.92. The van der Waals surface area contributed by atoms with Crippen LogP contribution in [0.4, 0.5) is 11.4 Å². The first-order valence-corrected chi connectivity index (χ1v) is 15.2. The lowest BCUT2D eigenvalue weighted by molar-refractivity contribution is -0.384. The topological polar surface area (TPSA) is 121 Å². The molecule has 0 spiro atoms. The molecular weight excluding hydrogens is 604 g/mol. The molecule has 0 radical (unpaired) electrons. The lowest BCUT2D eigenvalue weighted by Gasteiger charge is -2.14. The summed E-state index contributed by atoms with van der Waals surface area (Å²) >= 11 is 0. The summed E-state index contributed by atoms with van der Waals surface area (Å²) in [5.74, 6) is 0. The van der Waals surface area contributed by atoms with Crippen molar-refractivity contribution in [1.82, 2.24) is 18.8 Å². The van der Waals surface area contributed by atoms with Crippen molar-refractivity contribution in [2.45, 2.75) is 0 Å². The van der Waals surface area contributed by atoms with Crippen molar-refractivity contribution in [3.05, 3.63) is 154 Å². The second-order valence-electron chi connectivity index (χ2n) is 11.5. The van der Waals surface area contributed by atoms with Gasteiger partial charge in [-0.1, -0.05) is 72.8 Å². The first-order valence-electron chi connectivity index (χ1n) is 15.2. The lowest BCUT2D eigenvalue weighted by atomic mass is 9.98. The fraction of sp³-hybridized carbons (Fsp3) is 0. The highest BCUT2D eigenvalue weighted by molar-refractivity contribution is 6.14. The minimum Gasteiger partial charge on any atom is -0.291 e. The van der Waals surface area contributed by atoms with Crippen LogP contribution in [0.25, 0.3) is 77.4 Å². The molecule has 3 aromatic heterocycles. The van der Waals surface area contributed by atoms with Gasteiger partial charge in [-0.05, 0) is 48.5 Å². The van der Waals surface area contributed by atoms with Crippen molar-refractivity contribution in [1.29, 1.82) is 0 Å². The van der Waals surface area contributed by atoms with E-state index in [1.165, 1.54) is 12.1 Å². The molecule has 228 valence electrons. The smallest absolute Gasteiger partial charge is 0.277 e. The average molecular weight is 627 g/mol. The predicted molar refractivity (Wildman–Crippen MR) is 187 cm³/mol. The maximum atomic E-state index is 12.3. The molecule has 9 aromatic rings. The van der Waals surface area contributed by atoms with Gasteiger partial charge in [0.05, 0.1) is 64.8 Å². The molecule has 48 heavy (non-hydrogen) atoms. The van der Waals surface area contributed by atoms with Crippen LogP contribution in [0.5, 0.6) is 0 Å². The number of hydrogen-bond acceptors (Lipinski definition) is 6. The van der Waals surface area contributed by atoms with Gasteiger partial charge >= 0.3 is 0 Å². The van der Waals surface area contributed by atoms with Crippen LogP contribution in [0.1, 0.15) is 0 Å². The van der Waals surface area contributed by atoms with Crippen LogP contribution in [0.2, 0.25) is 0 Å². The maximum absolute atomic E-state index is 12.3. The molecule has 0 aliphatic heterocycles. The van der Waals surface area contributed by atoms with Gasteiger partial charge in [0, 0.05) is 23.3 Å². The normalized spacial score (nSPS) is 11.7. The maximum Gasteiger partial charge on any atom is 0.277 e. The molecule has 0 N–H and O–H groups in total. The van der Waals surface area contributed by atoms with Crippen molar-refractivity contribution in [3.63, 3.8) is 0 Å². The Labute approximate surface area is 270 Å². The predicted octanol–water partition coefficient (Wildman–Crippen LogP) is 9.31. The zero-order valence-electron chi connectivity index (χ0n) is 25.0. The molecule has 0 saturated carbocycles. The van der Waals surface area contributed by atoms with E-state index in [0.717, 1.165) is 22.1 Å². The van der Waals surface area contributed by atoms with Gasteiger partial charge in [0.15, 0.2) is 0 Å². The summed E-state index contributed by atoms with van der Waals surface area (Å²) in [4.78, 5) is 34.3. The van der Waals surface area contributed by atoms with E-state index in [9.17, 15) is 20.2 Å². The van der Waals surface area contributed by atoms with Crippen LogP contribution in [-0.4, -0.2) is 28.6 Å². The summed E-state index contributed by atoms with van der Waals surface area (Å²) in [5, 5.41) is 26.1. The van der Waals surface area contributed by atoms with Gasteiger partial charge in [0.1, 0.15) is 11.3 Å². The van der Waals surface area contributed by atoms with Crippen LogP contribution in [0, 0.1) is 20.2 Å². The second-order valence-corrected chi connectivity index (χ2v) is 11.5. The number of benzene rings is 6. The minimum atomic E-state index is -0.368. The molecule has 0 fully saturated rings. The fourth-order valence-corrected chi connectivity index (χ4v) is 6.97. The van der Waals surface area contributed by atoms with Gasteiger partial charge in [0.2, 0.25) is 0 Å². The molecule has 6 aromatic carbocycles. The number of imidazole rings is 2. The van der Waals surface area contributed by atoms with Crippen molar-refractivity contribution in [2.75, 3.05) is 0 Å².